The summed E-state index contributed by atoms with van der Waals surface area (Å²) in [4.78, 5) is 23.0. The first-order valence-electron chi connectivity index (χ1n) is 6.72. The van der Waals surface area contributed by atoms with Crippen molar-refractivity contribution in [3.05, 3.63) is 71.9 Å². The summed E-state index contributed by atoms with van der Waals surface area (Å²) >= 11 is 0. The molecule has 0 aromatic heterocycles. The van der Waals surface area contributed by atoms with Crippen LogP contribution in [-0.2, 0) is 4.79 Å². The molecule has 3 nitrogen and oxygen atoms in total. The maximum absolute atomic E-state index is 11.8. The average molecular weight is 279 g/mol. The first-order chi connectivity index (χ1) is 10.1. The van der Waals surface area contributed by atoms with E-state index < -0.39 is 0 Å². The molecule has 2 aromatic carbocycles. The first-order valence-corrected chi connectivity index (χ1v) is 6.72. The lowest BCUT2D eigenvalue weighted by Crippen LogP contribution is -2.00. The molecule has 0 fully saturated rings. The SMILES string of the molecule is CC(=O)C(=CNc1ccc(C(C)=O)cc1)c1ccccc1. The number of ketones is 2. The number of rotatable bonds is 5. The van der Waals surface area contributed by atoms with E-state index in [0.29, 0.717) is 11.1 Å². The van der Waals surface area contributed by atoms with Gasteiger partial charge in [-0.05, 0) is 43.7 Å². The molecule has 0 atom stereocenters. The lowest BCUT2D eigenvalue weighted by atomic mass is 10.0. The molecule has 1 N–H and O–H groups in total. The van der Waals surface area contributed by atoms with Crippen LogP contribution in [0.5, 0.6) is 0 Å². The molecule has 0 saturated carbocycles. The molecule has 0 aliphatic rings. The van der Waals surface area contributed by atoms with Crippen molar-refractivity contribution in [2.75, 3.05) is 5.32 Å². The molecule has 2 rings (SSSR count). The minimum atomic E-state index is -0.00550. The van der Waals surface area contributed by atoms with E-state index in [2.05, 4.69) is 5.32 Å². The predicted molar refractivity (Wildman–Crippen MR) is 85.2 cm³/mol. The number of benzene rings is 2. The van der Waals surface area contributed by atoms with Crippen LogP contribution in [0.15, 0.2) is 60.8 Å². The quantitative estimate of drug-likeness (QED) is 0.666. The Kier molecular flexibility index (Phi) is 4.67. The highest BCUT2D eigenvalue weighted by Crippen LogP contribution is 2.16. The Hall–Kier alpha value is -2.68. The summed E-state index contributed by atoms with van der Waals surface area (Å²) in [6, 6.07) is 16.6. The van der Waals surface area contributed by atoms with Crippen LogP contribution in [0.25, 0.3) is 5.57 Å². The van der Waals surface area contributed by atoms with Gasteiger partial charge in [-0.3, -0.25) is 9.59 Å². The van der Waals surface area contributed by atoms with E-state index >= 15 is 0 Å². The molecule has 106 valence electrons. The number of carbonyl (C=O) groups is 2. The maximum Gasteiger partial charge on any atom is 0.161 e. The molecule has 0 aliphatic heterocycles. The van der Waals surface area contributed by atoms with Crippen molar-refractivity contribution < 1.29 is 9.59 Å². The summed E-state index contributed by atoms with van der Waals surface area (Å²) in [5.41, 5.74) is 2.98. The number of anilines is 1. The second kappa shape index (κ2) is 6.66. The van der Waals surface area contributed by atoms with E-state index in [1.807, 2.05) is 42.5 Å². The lowest BCUT2D eigenvalue weighted by Gasteiger charge is -2.06. The van der Waals surface area contributed by atoms with Crippen LogP contribution < -0.4 is 5.32 Å². The molecule has 0 unspecified atom stereocenters. The zero-order valence-electron chi connectivity index (χ0n) is 12.1. The zero-order valence-corrected chi connectivity index (χ0v) is 12.1. The minimum Gasteiger partial charge on any atom is -0.361 e. The molecule has 0 heterocycles. The Balaban J connectivity index is 2.21. The standard InChI is InChI=1S/C18H17NO2/c1-13(20)15-8-10-17(11-9-15)19-12-18(14(2)21)16-6-4-3-5-7-16/h3-12,19H,1-2H3. The third-order valence-electron chi connectivity index (χ3n) is 3.14. The monoisotopic (exact) mass is 279 g/mol. The minimum absolute atomic E-state index is 0.00550. The van der Waals surface area contributed by atoms with Crippen LogP contribution in [0, 0.1) is 0 Å². The number of nitrogens with one attached hydrogen (secondary N) is 1. The Morgan fingerprint density at radius 3 is 2.00 bits per heavy atom. The molecule has 0 radical (unpaired) electrons. The van der Waals surface area contributed by atoms with E-state index in [1.54, 1.807) is 25.3 Å². The van der Waals surface area contributed by atoms with E-state index in [0.717, 1.165) is 11.3 Å². The van der Waals surface area contributed by atoms with E-state index in [4.69, 9.17) is 0 Å². The smallest absolute Gasteiger partial charge is 0.161 e. The van der Waals surface area contributed by atoms with Crippen LogP contribution in [-0.4, -0.2) is 11.6 Å². The van der Waals surface area contributed by atoms with Gasteiger partial charge in [-0.1, -0.05) is 30.3 Å². The Morgan fingerprint density at radius 1 is 0.857 bits per heavy atom. The van der Waals surface area contributed by atoms with Crippen molar-refractivity contribution in [1.82, 2.24) is 0 Å². The van der Waals surface area contributed by atoms with Crippen LogP contribution in [0.4, 0.5) is 5.69 Å². The number of carbonyl (C=O) groups excluding carboxylic acids is 2. The van der Waals surface area contributed by atoms with Gasteiger partial charge in [-0.25, -0.2) is 0 Å². The van der Waals surface area contributed by atoms with Gasteiger partial charge in [0.2, 0.25) is 0 Å². The van der Waals surface area contributed by atoms with Gasteiger partial charge in [0, 0.05) is 23.0 Å². The fourth-order valence-electron chi connectivity index (χ4n) is 1.96. The zero-order chi connectivity index (χ0) is 15.2. The van der Waals surface area contributed by atoms with Crippen molar-refractivity contribution in [3.8, 4) is 0 Å². The van der Waals surface area contributed by atoms with E-state index in [1.165, 1.54) is 6.92 Å². The number of Topliss-reactive ketones (excluding diaryl/α,β-unsaturated/α-hetero) is 2. The fourth-order valence-corrected chi connectivity index (χ4v) is 1.96. The Labute approximate surface area is 124 Å². The van der Waals surface area contributed by atoms with Gasteiger partial charge < -0.3 is 5.32 Å². The lowest BCUT2D eigenvalue weighted by molar-refractivity contribution is -0.111. The second-order valence-electron chi connectivity index (χ2n) is 4.76. The van der Waals surface area contributed by atoms with Crippen molar-refractivity contribution in [2.45, 2.75) is 13.8 Å². The van der Waals surface area contributed by atoms with Gasteiger partial charge in [0.1, 0.15) is 0 Å². The molecule has 2 aromatic rings. The first kappa shape index (κ1) is 14.7. The molecule has 0 spiro atoms. The molecular formula is C18H17NO2. The van der Waals surface area contributed by atoms with E-state index in [-0.39, 0.29) is 11.6 Å². The molecule has 0 amide bonds. The highest BCUT2D eigenvalue weighted by molar-refractivity contribution is 6.19. The van der Waals surface area contributed by atoms with Gasteiger partial charge in [0.15, 0.2) is 11.6 Å². The molecule has 0 aliphatic carbocycles. The summed E-state index contributed by atoms with van der Waals surface area (Å²) < 4.78 is 0. The summed E-state index contributed by atoms with van der Waals surface area (Å²) in [6.07, 6.45) is 1.69. The largest absolute Gasteiger partial charge is 0.361 e. The topological polar surface area (TPSA) is 46.2 Å². The molecule has 0 bridgehead atoms. The van der Waals surface area contributed by atoms with Crippen LogP contribution in [0.1, 0.15) is 29.8 Å². The summed E-state index contributed by atoms with van der Waals surface area (Å²) in [5, 5.41) is 3.10. The molecule has 0 saturated heterocycles. The van der Waals surface area contributed by atoms with Crippen LogP contribution >= 0.6 is 0 Å². The normalized spacial score (nSPS) is 11.0. The third kappa shape index (κ3) is 3.89. The number of hydrogen-bond donors (Lipinski definition) is 1. The van der Waals surface area contributed by atoms with Gasteiger partial charge in [-0.15, -0.1) is 0 Å². The fraction of sp³-hybridized carbons (Fsp3) is 0.111. The Morgan fingerprint density at radius 2 is 1.48 bits per heavy atom. The summed E-state index contributed by atoms with van der Waals surface area (Å²) in [6.45, 7) is 3.07. The van der Waals surface area contributed by atoms with E-state index in [9.17, 15) is 9.59 Å². The van der Waals surface area contributed by atoms with Crippen molar-refractivity contribution >= 4 is 22.8 Å². The highest BCUT2D eigenvalue weighted by atomic mass is 16.1. The molecular weight excluding hydrogens is 262 g/mol. The molecule has 3 heteroatoms. The van der Waals surface area contributed by atoms with Crippen molar-refractivity contribution in [3.63, 3.8) is 0 Å². The van der Waals surface area contributed by atoms with Gasteiger partial charge >= 0.3 is 0 Å². The van der Waals surface area contributed by atoms with Crippen molar-refractivity contribution in [1.29, 1.82) is 0 Å². The van der Waals surface area contributed by atoms with Gasteiger partial charge in [0.05, 0.1) is 0 Å². The van der Waals surface area contributed by atoms with Crippen LogP contribution in [0.2, 0.25) is 0 Å². The Bertz CT molecular complexity index is 670. The average Bonchev–Trinajstić information content (AvgIpc) is 2.48. The van der Waals surface area contributed by atoms with Gasteiger partial charge in [-0.2, -0.15) is 0 Å². The summed E-state index contributed by atoms with van der Waals surface area (Å²) in [7, 11) is 0. The molecule has 21 heavy (non-hydrogen) atoms. The predicted octanol–water partition coefficient (Wildman–Crippen LogP) is 3.93. The maximum atomic E-state index is 11.8. The van der Waals surface area contributed by atoms with Gasteiger partial charge in [0.25, 0.3) is 0 Å². The number of allylic oxidation sites excluding steroid dienone is 1. The van der Waals surface area contributed by atoms with Crippen molar-refractivity contribution in [2.24, 2.45) is 0 Å². The summed E-state index contributed by atoms with van der Waals surface area (Å²) in [5.74, 6) is 0.0276. The second-order valence-corrected chi connectivity index (χ2v) is 4.76. The number of hydrogen-bond acceptors (Lipinski definition) is 3. The third-order valence-corrected chi connectivity index (χ3v) is 3.14. The van der Waals surface area contributed by atoms with Crippen LogP contribution in [0.3, 0.4) is 0 Å². The highest BCUT2D eigenvalue weighted by Gasteiger charge is 2.06.